The Bertz CT molecular complexity index is 380. The summed E-state index contributed by atoms with van der Waals surface area (Å²) in [5, 5.41) is 2.65. The van der Waals surface area contributed by atoms with E-state index in [1.165, 1.54) is 0 Å². The van der Waals surface area contributed by atoms with Crippen molar-refractivity contribution in [3.63, 3.8) is 0 Å². The number of carbonyl (C=O) groups excluding carboxylic acids is 2. The fourth-order valence-electron chi connectivity index (χ4n) is 2.94. The zero-order valence-corrected chi connectivity index (χ0v) is 12.6. The lowest BCUT2D eigenvalue weighted by Crippen LogP contribution is -2.73. The number of likely N-dealkylation sites (tertiary alicyclic amines) is 1. The van der Waals surface area contributed by atoms with Gasteiger partial charge in [-0.25, -0.2) is 0 Å². The van der Waals surface area contributed by atoms with Gasteiger partial charge in [0.1, 0.15) is 11.6 Å². The molecule has 0 radical (unpaired) electrons. The quantitative estimate of drug-likeness (QED) is 0.778. The molecule has 2 aliphatic rings. The van der Waals surface area contributed by atoms with Crippen LogP contribution in [0, 0.1) is 0 Å². The van der Waals surface area contributed by atoms with Crippen LogP contribution in [0.25, 0.3) is 0 Å². The van der Waals surface area contributed by atoms with Crippen molar-refractivity contribution in [3.05, 3.63) is 0 Å². The van der Waals surface area contributed by atoms with Gasteiger partial charge in [0.25, 0.3) is 0 Å². The van der Waals surface area contributed by atoms with Crippen molar-refractivity contribution >= 4 is 11.8 Å². The first-order chi connectivity index (χ1) is 9.51. The van der Waals surface area contributed by atoms with Crippen LogP contribution in [0.1, 0.15) is 26.2 Å². The summed E-state index contributed by atoms with van der Waals surface area (Å²) in [4.78, 5) is 27.5. The van der Waals surface area contributed by atoms with E-state index in [-0.39, 0.29) is 23.5 Å². The van der Waals surface area contributed by atoms with Crippen LogP contribution < -0.4 is 5.32 Å². The van der Waals surface area contributed by atoms with Crippen molar-refractivity contribution < 1.29 is 14.3 Å². The molecule has 2 aliphatic heterocycles. The molecule has 0 unspecified atom stereocenters. The van der Waals surface area contributed by atoms with E-state index in [9.17, 15) is 9.59 Å². The van der Waals surface area contributed by atoms with Crippen molar-refractivity contribution in [2.24, 2.45) is 0 Å². The average molecular weight is 283 g/mol. The van der Waals surface area contributed by atoms with Gasteiger partial charge in [-0.1, -0.05) is 13.3 Å². The number of carbonyl (C=O) groups is 2. The van der Waals surface area contributed by atoms with Crippen LogP contribution in [-0.4, -0.2) is 73.6 Å². The third-order valence-electron chi connectivity index (χ3n) is 4.22. The maximum absolute atomic E-state index is 11.9. The van der Waals surface area contributed by atoms with Crippen molar-refractivity contribution in [1.82, 2.24) is 15.1 Å². The molecule has 1 atom stereocenters. The molecule has 6 nitrogen and oxygen atoms in total. The summed E-state index contributed by atoms with van der Waals surface area (Å²) in [5.74, 6) is 0.203. The molecule has 2 amide bonds. The summed E-state index contributed by atoms with van der Waals surface area (Å²) in [6.07, 6.45) is 2.61. The Morgan fingerprint density at radius 3 is 2.60 bits per heavy atom. The molecule has 0 aliphatic carbocycles. The normalized spacial score (nSPS) is 25.4. The fourth-order valence-corrected chi connectivity index (χ4v) is 2.94. The Morgan fingerprint density at radius 2 is 2.05 bits per heavy atom. The number of ether oxygens (including phenoxy) is 1. The van der Waals surface area contributed by atoms with Gasteiger partial charge in [-0.2, -0.15) is 0 Å². The summed E-state index contributed by atoms with van der Waals surface area (Å²) < 4.78 is 5.90. The van der Waals surface area contributed by atoms with E-state index in [2.05, 4.69) is 12.2 Å². The molecule has 2 heterocycles. The monoisotopic (exact) mass is 283 g/mol. The van der Waals surface area contributed by atoms with E-state index in [1.807, 2.05) is 16.8 Å². The lowest BCUT2D eigenvalue weighted by Gasteiger charge is -2.54. The molecule has 20 heavy (non-hydrogen) atoms. The predicted octanol–water partition coefficient (Wildman–Crippen LogP) is -0.166. The largest absolute Gasteiger partial charge is 0.368 e. The van der Waals surface area contributed by atoms with E-state index in [0.29, 0.717) is 32.7 Å². The molecule has 1 N–H and O–H groups in total. The highest BCUT2D eigenvalue weighted by Gasteiger charge is 2.50. The number of hydrogen-bond acceptors (Lipinski definition) is 4. The molecule has 6 heteroatoms. The van der Waals surface area contributed by atoms with Crippen molar-refractivity contribution in [2.75, 3.05) is 40.3 Å². The van der Waals surface area contributed by atoms with Gasteiger partial charge in [0.2, 0.25) is 11.8 Å². The molecule has 0 aromatic carbocycles. The van der Waals surface area contributed by atoms with Crippen molar-refractivity contribution in [1.29, 1.82) is 0 Å². The Morgan fingerprint density at radius 1 is 1.35 bits per heavy atom. The zero-order chi connectivity index (χ0) is 14.8. The second-order valence-electron chi connectivity index (χ2n) is 5.89. The highest BCUT2D eigenvalue weighted by atomic mass is 16.5. The van der Waals surface area contributed by atoms with Crippen LogP contribution in [0.15, 0.2) is 0 Å². The van der Waals surface area contributed by atoms with E-state index in [0.717, 1.165) is 12.8 Å². The maximum atomic E-state index is 11.9. The summed E-state index contributed by atoms with van der Waals surface area (Å²) in [5.41, 5.74) is -0.263. The van der Waals surface area contributed by atoms with Gasteiger partial charge < -0.3 is 15.0 Å². The van der Waals surface area contributed by atoms with Gasteiger partial charge in [-0.05, 0) is 13.5 Å². The Hall–Kier alpha value is -1.14. The first-order valence-corrected chi connectivity index (χ1v) is 7.35. The number of morpholine rings is 1. The minimum Gasteiger partial charge on any atom is -0.368 e. The van der Waals surface area contributed by atoms with Crippen LogP contribution in [0.4, 0.5) is 0 Å². The third kappa shape index (κ3) is 2.96. The SMILES string of the molecule is CCCCC(=O)N1CC2(C1)CN(C)[C@H](C(=O)NC)CO2. The fraction of sp³-hybridized carbons (Fsp3) is 0.857. The van der Waals surface area contributed by atoms with Crippen LogP contribution >= 0.6 is 0 Å². The van der Waals surface area contributed by atoms with Crippen LogP contribution in [0.5, 0.6) is 0 Å². The summed E-state index contributed by atoms with van der Waals surface area (Å²) in [6.45, 7) is 4.49. The number of nitrogens with zero attached hydrogens (tertiary/aromatic N) is 2. The number of unbranched alkanes of at least 4 members (excludes halogenated alkanes) is 1. The van der Waals surface area contributed by atoms with E-state index in [1.54, 1.807) is 7.05 Å². The summed E-state index contributed by atoms with van der Waals surface area (Å²) >= 11 is 0. The standard InChI is InChI=1S/C14H25N3O3/c1-4-5-6-12(18)17-9-14(10-17)8-16(3)11(7-20-14)13(19)15-2/h11H,4-10H2,1-3H3,(H,15,19)/t11-/m0/s1. The van der Waals surface area contributed by atoms with Gasteiger partial charge in [-0.3, -0.25) is 14.5 Å². The van der Waals surface area contributed by atoms with Gasteiger partial charge in [0, 0.05) is 20.0 Å². The Balaban J connectivity index is 1.83. The first kappa shape index (κ1) is 15.3. The Labute approximate surface area is 120 Å². The molecule has 0 aromatic rings. The van der Waals surface area contributed by atoms with Crippen molar-refractivity contribution in [2.45, 2.75) is 37.8 Å². The highest BCUT2D eigenvalue weighted by molar-refractivity contribution is 5.81. The lowest BCUT2D eigenvalue weighted by atomic mass is 9.90. The van der Waals surface area contributed by atoms with Crippen LogP contribution in [-0.2, 0) is 14.3 Å². The third-order valence-corrected chi connectivity index (χ3v) is 4.22. The van der Waals surface area contributed by atoms with E-state index < -0.39 is 0 Å². The predicted molar refractivity (Wildman–Crippen MR) is 75.3 cm³/mol. The van der Waals surface area contributed by atoms with Crippen molar-refractivity contribution in [3.8, 4) is 0 Å². The maximum Gasteiger partial charge on any atom is 0.239 e. The van der Waals surface area contributed by atoms with E-state index in [4.69, 9.17) is 4.74 Å². The minimum absolute atomic E-state index is 0.0162. The summed E-state index contributed by atoms with van der Waals surface area (Å²) in [7, 11) is 3.57. The molecule has 0 bridgehead atoms. The minimum atomic E-state index is -0.263. The number of amides is 2. The number of hydrogen-bond donors (Lipinski definition) is 1. The second-order valence-corrected chi connectivity index (χ2v) is 5.89. The topological polar surface area (TPSA) is 61.9 Å². The molecule has 1 spiro atoms. The van der Waals surface area contributed by atoms with Gasteiger partial charge >= 0.3 is 0 Å². The number of likely N-dealkylation sites (N-methyl/N-ethyl adjacent to an activating group) is 2. The Kier molecular flexibility index (Phi) is 4.65. The number of nitrogens with one attached hydrogen (secondary N) is 1. The lowest BCUT2D eigenvalue weighted by molar-refractivity contribution is -0.201. The molecule has 0 saturated carbocycles. The molecule has 2 saturated heterocycles. The molecule has 0 aromatic heterocycles. The number of rotatable bonds is 4. The molecular formula is C14H25N3O3. The molecule has 2 fully saturated rings. The van der Waals surface area contributed by atoms with E-state index >= 15 is 0 Å². The second kappa shape index (κ2) is 6.10. The zero-order valence-electron chi connectivity index (χ0n) is 12.6. The summed E-state index contributed by atoms with van der Waals surface area (Å²) in [6, 6.07) is -0.226. The molecule has 2 rings (SSSR count). The molecular weight excluding hydrogens is 258 g/mol. The van der Waals surface area contributed by atoms with Gasteiger partial charge in [0.05, 0.1) is 19.7 Å². The average Bonchev–Trinajstić information content (AvgIpc) is 2.41. The van der Waals surface area contributed by atoms with Crippen LogP contribution in [0.2, 0.25) is 0 Å². The van der Waals surface area contributed by atoms with Gasteiger partial charge in [0.15, 0.2) is 0 Å². The molecule has 114 valence electrons. The van der Waals surface area contributed by atoms with Gasteiger partial charge in [-0.15, -0.1) is 0 Å². The highest BCUT2D eigenvalue weighted by Crippen LogP contribution is 2.31. The van der Waals surface area contributed by atoms with Crippen LogP contribution in [0.3, 0.4) is 0 Å². The first-order valence-electron chi connectivity index (χ1n) is 7.35. The smallest absolute Gasteiger partial charge is 0.239 e.